The average molecular weight is 825 g/mol. The summed E-state index contributed by atoms with van der Waals surface area (Å²) in [5.74, 6) is -1.96. The van der Waals surface area contributed by atoms with Crippen molar-refractivity contribution in [1.29, 1.82) is 0 Å². The average Bonchev–Trinajstić information content (AvgIpc) is 3.73. The first-order valence-corrected chi connectivity index (χ1v) is 21.0. The summed E-state index contributed by atoms with van der Waals surface area (Å²) in [6.45, 7) is 12.2. The molecule has 16 heteroatoms. The molecule has 13 nitrogen and oxygen atoms in total. The van der Waals surface area contributed by atoms with Gasteiger partial charge in [-0.2, -0.15) is 5.10 Å². The number of amides is 2. The topological polar surface area (TPSA) is 126 Å². The van der Waals surface area contributed by atoms with E-state index >= 15 is 13.2 Å². The van der Waals surface area contributed by atoms with E-state index in [1.807, 2.05) is 31.0 Å². The molecule has 0 spiro atoms. The number of hydrogen-bond acceptors (Lipinski definition) is 10. The lowest BCUT2D eigenvalue weighted by molar-refractivity contribution is -0.134. The number of anilines is 2. The van der Waals surface area contributed by atoms with E-state index in [-0.39, 0.29) is 30.1 Å². The second-order valence-corrected chi connectivity index (χ2v) is 17.1. The van der Waals surface area contributed by atoms with E-state index < -0.39 is 29.4 Å². The van der Waals surface area contributed by atoms with Crippen molar-refractivity contribution in [2.24, 2.45) is 18.9 Å². The first-order chi connectivity index (χ1) is 28.9. The highest BCUT2D eigenvalue weighted by molar-refractivity contribution is 6.01. The van der Waals surface area contributed by atoms with Crippen molar-refractivity contribution in [2.45, 2.75) is 65.1 Å². The number of aromatic nitrogens is 5. The van der Waals surface area contributed by atoms with Crippen molar-refractivity contribution in [1.82, 2.24) is 39.4 Å². The second kappa shape index (κ2) is 16.5. The number of ether oxygens (including phenoxy) is 1. The number of hydrogen-bond donors (Lipinski definition) is 2. The second-order valence-electron chi connectivity index (χ2n) is 17.1. The molecule has 2 amide bonds. The molecule has 4 aliphatic rings. The summed E-state index contributed by atoms with van der Waals surface area (Å²) < 4.78 is 56.4. The van der Waals surface area contributed by atoms with Gasteiger partial charge in [0.2, 0.25) is 23.6 Å². The molecule has 0 unspecified atom stereocenters. The molecule has 0 radical (unpaired) electrons. The lowest BCUT2D eigenvalue weighted by Gasteiger charge is -2.45. The molecule has 2 bridgehead atoms. The van der Waals surface area contributed by atoms with E-state index in [0.717, 1.165) is 79.2 Å². The quantitative estimate of drug-likeness (QED) is 0.205. The third-order valence-corrected chi connectivity index (χ3v) is 12.4. The minimum Gasteiger partial charge on any atom is -0.477 e. The fraction of sp³-hybridized carbons (Fsp3) is 0.477. The molecule has 3 fully saturated rings. The van der Waals surface area contributed by atoms with E-state index in [9.17, 15) is 9.59 Å². The summed E-state index contributed by atoms with van der Waals surface area (Å²) in [5, 5.41) is 10.2. The van der Waals surface area contributed by atoms with Crippen LogP contribution in [0.15, 0.2) is 42.6 Å². The third kappa shape index (κ3) is 8.18. The first-order valence-electron chi connectivity index (χ1n) is 21.0. The highest BCUT2D eigenvalue weighted by Crippen LogP contribution is 2.35. The Hall–Kier alpha value is -5.48. The van der Waals surface area contributed by atoms with Crippen LogP contribution in [0.2, 0.25) is 0 Å². The van der Waals surface area contributed by atoms with Crippen LogP contribution in [0.25, 0.3) is 22.3 Å². The van der Waals surface area contributed by atoms with Gasteiger partial charge in [-0.3, -0.25) is 24.8 Å². The van der Waals surface area contributed by atoms with E-state index in [1.54, 1.807) is 16.9 Å². The SMILES string of the molecule is Cc1cc2cc(n1)-c1cnn(C)c1OCCC[C@@H](C)Cn1c(nc3c(F)cc(CN4CCN(CC5CN(c6cc(F)c([C@H]7CCC(=O)NC7=O)c(F)c6)C5)CC4)cc31)NC2. The number of aryl methyl sites for hydroxylation is 2. The van der Waals surface area contributed by atoms with Gasteiger partial charge >= 0.3 is 0 Å². The van der Waals surface area contributed by atoms with Crippen LogP contribution in [0, 0.1) is 36.2 Å². The number of fused-ring (bicyclic) bond motifs is 7. The van der Waals surface area contributed by atoms with Gasteiger partial charge < -0.3 is 24.4 Å². The van der Waals surface area contributed by atoms with Crippen molar-refractivity contribution in [3.05, 3.63) is 82.4 Å². The van der Waals surface area contributed by atoms with Crippen LogP contribution >= 0.6 is 0 Å². The van der Waals surface area contributed by atoms with Crippen LogP contribution in [-0.4, -0.2) is 98.3 Å². The number of benzene rings is 2. The van der Waals surface area contributed by atoms with Gasteiger partial charge in [0.25, 0.3) is 0 Å². The van der Waals surface area contributed by atoms with E-state index in [4.69, 9.17) is 14.7 Å². The molecule has 3 saturated heterocycles. The maximum atomic E-state index is 15.9. The Balaban J connectivity index is 0.830. The molecule has 9 rings (SSSR count). The largest absolute Gasteiger partial charge is 0.477 e. The molecule has 3 aromatic heterocycles. The number of carbonyl (C=O) groups excluding carboxylic acids is 2. The van der Waals surface area contributed by atoms with Crippen LogP contribution in [0.5, 0.6) is 5.88 Å². The molecular weight excluding hydrogens is 774 g/mol. The number of piperidine rings is 1. The Morgan fingerprint density at radius 2 is 1.67 bits per heavy atom. The van der Waals surface area contributed by atoms with Crippen molar-refractivity contribution >= 4 is 34.5 Å². The van der Waals surface area contributed by atoms with Gasteiger partial charge in [-0.15, -0.1) is 0 Å². The fourth-order valence-electron chi connectivity index (χ4n) is 9.29. The highest BCUT2D eigenvalue weighted by Gasteiger charge is 2.35. The molecule has 2 atom stereocenters. The molecule has 2 N–H and O–H groups in total. The minimum absolute atomic E-state index is 0.0552. The lowest BCUT2D eigenvalue weighted by atomic mass is 9.89. The van der Waals surface area contributed by atoms with Gasteiger partial charge in [-0.1, -0.05) is 6.92 Å². The number of pyridine rings is 1. The Bertz CT molecular complexity index is 2410. The van der Waals surface area contributed by atoms with Gasteiger partial charge in [0, 0.05) is 102 Å². The normalized spacial score (nSPS) is 21.0. The molecule has 0 aliphatic carbocycles. The van der Waals surface area contributed by atoms with Gasteiger partial charge in [-0.05, 0) is 79.6 Å². The van der Waals surface area contributed by atoms with Crippen molar-refractivity contribution in [3.63, 3.8) is 0 Å². The predicted molar refractivity (Wildman–Crippen MR) is 221 cm³/mol. The standard InChI is InChI=1S/C44H51F3N10O3/c1-26-5-4-12-60-43-33(20-49-53(43)3)37-15-28(13-27(2)50-37)19-48-44-52-41-36(47)14-29(16-38(41)57(44)21-26)22-54-8-10-55(11-9-54)23-30-24-56(25-30)31-17-34(45)40(35(46)18-31)32-6-7-39(58)51-42(32)59/h13-18,20,26,30,32H,4-12,19,21-25H2,1-3H3,(H,48,52)(H,51,58,59)/t26-,32-/m1/s1. The van der Waals surface area contributed by atoms with Gasteiger partial charge in [0.1, 0.15) is 17.2 Å². The molecule has 4 aliphatic heterocycles. The molecule has 2 aromatic carbocycles. The summed E-state index contributed by atoms with van der Waals surface area (Å²) in [5.41, 5.74) is 5.78. The van der Waals surface area contributed by atoms with E-state index in [1.165, 1.54) is 12.1 Å². The molecule has 60 heavy (non-hydrogen) atoms. The number of nitrogens with zero attached hydrogens (tertiary/aromatic N) is 8. The predicted octanol–water partition coefficient (Wildman–Crippen LogP) is 5.75. The zero-order valence-corrected chi connectivity index (χ0v) is 34.3. The Kier molecular flexibility index (Phi) is 11.0. The lowest BCUT2D eigenvalue weighted by Crippen LogP contribution is -2.54. The van der Waals surface area contributed by atoms with Crippen LogP contribution in [0.1, 0.15) is 60.9 Å². The number of piperazine rings is 1. The zero-order chi connectivity index (χ0) is 41.7. The maximum Gasteiger partial charge on any atom is 0.234 e. The summed E-state index contributed by atoms with van der Waals surface area (Å²) >= 11 is 0. The zero-order valence-electron chi connectivity index (χ0n) is 34.3. The number of carbonyl (C=O) groups is 2. The fourth-order valence-corrected chi connectivity index (χ4v) is 9.29. The minimum atomic E-state index is -1.01. The smallest absolute Gasteiger partial charge is 0.234 e. The van der Waals surface area contributed by atoms with Crippen molar-refractivity contribution in [2.75, 3.05) is 62.6 Å². The molecule has 7 heterocycles. The van der Waals surface area contributed by atoms with E-state index in [2.05, 4.69) is 43.1 Å². The number of rotatable bonds is 6. The number of halogens is 3. The number of imide groups is 1. The molecule has 316 valence electrons. The Labute approximate surface area is 346 Å². The first kappa shape index (κ1) is 40.0. The number of nitrogens with one attached hydrogen (secondary N) is 2. The van der Waals surface area contributed by atoms with Gasteiger partial charge in [0.05, 0.1) is 35.5 Å². The summed E-state index contributed by atoms with van der Waals surface area (Å²) in [4.78, 5) is 40.1. The Morgan fingerprint density at radius 1 is 0.900 bits per heavy atom. The molecule has 0 saturated carbocycles. The summed E-state index contributed by atoms with van der Waals surface area (Å²) in [7, 11) is 1.88. The van der Waals surface area contributed by atoms with Crippen molar-refractivity contribution in [3.8, 4) is 17.1 Å². The molecule has 5 aromatic rings. The third-order valence-electron chi connectivity index (χ3n) is 12.4. The monoisotopic (exact) mass is 824 g/mol. The van der Waals surface area contributed by atoms with Gasteiger partial charge in [-0.25, -0.2) is 22.8 Å². The summed E-state index contributed by atoms with van der Waals surface area (Å²) in [6.07, 6.45) is 3.71. The van der Waals surface area contributed by atoms with Gasteiger partial charge in [0.15, 0.2) is 5.82 Å². The van der Waals surface area contributed by atoms with Crippen LogP contribution < -0.4 is 20.3 Å². The highest BCUT2D eigenvalue weighted by atomic mass is 19.1. The Morgan fingerprint density at radius 3 is 2.43 bits per heavy atom. The van der Waals surface area contributed by atoms with Crippen LogP contribution in [0.3, 0.4) is 0 Å². The van der Waals surface area contributed by atoms with Crippen LogP contribution in [-0.2, 0) is 36.3 Å². The van der Waals surface area contributed by atoms with E-state index in [0.29, 0.717) is 68.3 Å². The van der Waals surface area contributed by atoms with Crippen molar-refractivity contribution < 1.29 is 27.5 Å². The van der Waals surface area contributed by atoms with Crippen LogP contribution in [0.4, 0.5) is 24.8 Å². The summed E-state index contributed by atoms with van der Waals surface area (Å²) in [6, 6.07) is 10.4. The molecular formula is C44H51F3N10O3. The maximum absolute atomic E-state index is 15.9. The number of imidazole rings is 1.